The minimum absolute atomic E-state index is 0.227. The molecule has 0 bridgehead atoms. The number of rotatable bonds is 5. The van der Waals surface area contributed by atoms with E-state index in [-0.39, 0.29) is 12.2 Å². The van der Waals surface area contributed by atoms with E-state index in [4.69, 9.17) is 4.74 Å². The van der Waals surface area contributed by atoms with Crippen LogP contribution in [-0.2, 0) is 9.53 Å². The Balaban J connectivity index is 2.36. The number of aliphatic carboxylic acids is 1. The quantitative estimate of drug-likeness (QED) is 0.802. The van der Waals surface area contributed by atoms with Crippen molar-refractivity contribution < 1.29 is 19.4 Å². The fourth-order valence-electron chi connectivity index (χ4n) is 1.74. The van der Waals surface area contributed by atoms with E-state index in [9.17, 15) is 19.5 Å². The molecule has 0 spiro atoms. The number of carbonyl (C=O) groups is 2. The number of hydrogen-bond acceptors (Lipinski definition) is 6. The molecule has 112 valence electrons. The molecule has 2 heterocycles. The Kier molecular flexibility index (Phi) is 4.05. The van der Waals surface area contributed by atoms with Gasteiger partial charge in [0, 0.05) is 24.9 Å². The van der Waals surface area contributed by atoms with E-state index in [1.165, 1.54) is 36.0 Å². The second-order valence-electron chi connectivity index (χ2n) is 4.56. The molecule has 0 radical (unpaired) electrons. The summed E-state index contributed by atoms with van der Waals surface area (Å²) in [7, 11) is 1.32. The van der Waals surface area contributed by atoms with E-state index in [0.717, 1.165) is 6.20 Å². The standard InChI is InChI=1S/C12H13N3O5S/c1-12(6-20-2,10(18)19)14-8(16)7-5-13-11-15(9(7)17)3-4-21-11/h3-5H,6H2,1-2H3,(H,14,16)(H,18,19). The highest BCUT2D eigenvalue weighted by Gasteiger charge is 2.36. The number of aromatic nitrogens is 2. The highest BCUT2D eigenvalue weighted by atomic mass is 32.1. The summed E-state index contributed by atoms with van der Waals surface area (Å²) in [5.41, 5.74) is -2.41. The molecule has 2 rings (SSSR count). The van der Waals surface area contributed by atoms with Crippen molar-refractivity contribution >= 4 is 28.2 Å². The number of carbonyl (C=O) groups excluding carboxylic acids is 1. The lowest BCUT2D eigenvalue weighted by Crippen LogP contribution is -2.56. The molecule has 0 fully saturated rings. The molecule has 0 saturated heterocycles. The van der Waals surface area contributed by atoms with Crippen LogP contribution in [0.3, 0.4) is 0 Å². The summed E-state index contributed by atoms with van der Waals surface area (Å²) in [4.78, 5) is 40.0. The maximum absolute atomic E-state index is 12.1. The minimum Gasteiger partial charge on any atom is -0.479 e. The van der Waals surface area contributed by atoms with Crippen LogP contribution in [0.1, 0.15) is 17.3 Å². The topological polar surface area (TPSA) is 110 Å². The SMILES string of the molecule is COCC(C)(NC(=O)c1cnc2sccn2c1=O)C(=O)O. The van der Waals surface area contributed by atoms with Gasteiger partial charge in [-0.05, 0) is 6.92 Å². The molecule has 0 aromatic carbocycles. The molecule has 8 nitrogen and oxygen atoms in total. The second-order valence-corrected chi connectivity index (χ2v) is 5.43. The average molecular weight is 311 g/mol. The molecule has 0 aliphatic heterocycles. The maximum atomic E-state index is 12.1. The van der Waals surface area contributed by atoms with Gasteiger partial charge in [0.25, 0.3) is 11.5 Å². The number of nitrogens with zero attached hydrogens (tertiary/aromatic N) is 2. The predicted molar refractivity (Wildman–Crippen MR) is 74.7 cm³/mol. The number of thiazole rings is 1. The van der Waals surface area contributed by atoms with Crippen LogP contribution in [0, 0.1) is 0 Å². The van der Waals surface area contributed by atoms with Crippen LogP contribution in [0.2, 0.25) is 0 Å². The van der Waals surface area contributed by atoms with E-state index in [0.29, 0.717) is 4.96 Å². The Bertz CT molecular complexity index is 753. The third-order valence-electron chi connectivity index (χ3n) is 2.88. The first-order valence-corrected chi connectivity index (χ1v) is 6.77. The summed E-state index contributed by atoms with van der Waals surface area (Å²) in [6.45, 7) is 1.06. The van der Waals surface area contributed by atoms with E-state index < -0.39 is 23.0 Å². The van der Waals surface area contributed by atoms with Crippen LogP contribution in [0.5, 0.6) is 0 Å². The van der Waals surface area contributed by atoms with Crippen molar-refractivity contribution in [3.63, 3.8) is 0 Å². The Labute approximate surface area is 123 Å². The third-order valence-corrected chi connectivity index (χ3v) is 3.65. The van der Waals surface area contributed by atoms with Crippen molar-refractivity contribution in [2.75, 3.05) is 13.7 Å². The van der Waals surface area contributed by atoms with Gasteiger partial charge in [-0.3, -0.25) is 14.0 Å². The van der Waals surface area contributed by atoms with Crippen molar-refractivity contribution in [1.29, 1.82) is 0 Å². The van der Waals surface area contributed by atoms with Crippen molar-refractivity contribution in [3.05, 3.63) is 33.7 Å². The number of carboxylic acid groups (broad SMARTS) is 1. The van der Waals surface area contributed by atoms with Gasteiger partial charge in [0.2, 0.25) is 0 Å². The molecule has 2 N–H and O–H groups in total. The lowest BCUT2D eigenvalue weighted by Gasteiger charge is -2.24. The first-order chi connectivity index (χ1) is 9.89. The van der Waals surface area contributed by atoms with Gasteiger partial charge in [-0.1, -0.05) is 0 Å². The van der Waals surface area contributed by atoms with Crippen LogP contribution in [0.4, 0.5) is 0 Å². The predicted octanol–water partition coefficient (Wildman–Crippen LogP) is -0.0245. The van der Waals surface area contributed by atoms with Crippen LogP contribution >= 0.6 is 11.3 Å². The molecule has 0 saturated carbocycles. The number of ether oxygens (including phenoxy) is 1. The summed E-state index contributed by atoms with van der Waals surface area (Å²) in [5.74, 6) is -2.07. The number of amides is 1. The number of fused-ring (bicyclic) bond motifs is 1. The lowest BCUT2D eigenvalue weighted by molar-refractivity contribution is -0.145. The van der Waals surface area contributed by atoms with Gasteiger partial charge in [0.05, 0.1) is 6.61 Å². The molecule has 2 aromatic rings. The zero-order valence-electron chi connectivity index (χ0n) is 11.3. The minimum atomic E-state index is -1.63. The highest BCUT2D eigenvalue weighted by molar-refractivity contribution is 7.15. The van der Waals surface area contributed by atoms with Gasteiger partial charge in [-0.2, -0.15) is 0 Å². The van der Waals surface area contributed by atoms with Crippen molar-refractivity contribution in [2.24, 2.45) is 0 Å². The molecular formula is C12H13N3O5S. The van der Waals surface area contributed by atoms with Gasteiger partial charge >= 0.3 is 5.97 Å². The molecule has 0 aliphatic carbocycles. The summed E-state index contributed by atoms with van der Waals surface area (Å²) in [5, 5.41) is 13.1. The Morgan fingerprint density at radius 1 is 1.57 bits per heavy atom. The monoisotopic (exact) mass is 311 g/mol. The summed E-state index contributed by atoms with van der Waals surface area (Å²) in [6.07, 6.45) is 2.64. The number of nitrogens with one attached hydrogen (secondary N) is 1. The van der Waals surface area contributed by atoms with Crippen LogP contribution in [0.15, 0.2) is 22.6 Å². The fraction of sp³-hybridized carbons (Fsp3) is 0.333. The van der Waals surface area contributed by atoms with Crippen LogP contribution in [-0.4, -0.2) is 45.6 Å². The van der Waals surface area contributed by atoms with Gasteiger partial charge in [0.1, 0.15) is 5.56 Å². The molecule has 1 amide bonds. The Morgan fingerprint density at radius 3 is 2.90 bits per heavy atom. The average Bonchev–Trinajstić information content (AvgIpc) is 2.88. The molecule has 9 heteroatoms. The normalized spacial score (nSPS) is 13.8. The van der Waals surface area contributed by atoms with Crippen LogP contribution in [0.25, 0.3) is 4.96 Å². The molecular weight excluding hydrogens is 298 g/mol. The van der Waals surface area contributed by atoms with E-state index in [2.05, 4.69) is 10.3 Å². The number of methoxy groups -OCH3 is 1. The van der Waals surface area contributed by atoms with Gasteiger partial charge in [0.15, 0.2) is 10.5 Å². The van der Waals surface area contributed by atoms with Gasteiger partial charge in [-0.15, -0.1) is 11.3 Å². The summed E-state index contributed by atoms with van der Waals surface area (Å²) < 4.78 is 6.03. The molecule has 1 atom stereocenters. The van der Waals surface area contributed by atoms with E-state index in [1.807, 2.05) is 0 Å². The van der Waals surface area contributed by atoms with Crippen molar-refractivity contribution in [1.82, 2.24) is 14.7 Å². The third kappa shape index (κ3) is 2.78. The van der Waals surface area contributed by atoms with Gasteiger partial charge < -0.3 is 15.2 Å². The van der Waals surface area contributed by atoms with Gasteiger partial charge in [-0.25, -0.2) is 9.78 Å². The van der Waals surface area contributed by atoms with Crippen molar-refractivity contribution in [3.8, 4) is 0 Å². The molecule has 2 aromatic heterocycles. The van der Waals surface area contributed by atoms with Crippen molar-refractivity contribution in [2.45, 2.75) is 12.5 Å². The zero-order chi connectivity index (χ0) is 15.6. The summed E-state index contributed by atoms with van der Waals surface area (Å²) in [6, 6.07) is 0. The largest absolute Gasteiger partial charge is 0.479 e. The smallest absolute Gasteiger partial charge is 0.331 e. The second kappa shape index (κ2) is 5.62. The first kappa shape index (κ1) is 15.1. The fourth-order valence-corrected chi connectivity index (χ4v) is 2.41. The Hall–Kier alpha value is -2.26. The van der Waals surface area contributed by atoms with E-state index >= 15 is 0 Å². The number of carboxylic acids is 1. The van der Waals surface area contributed by atoms with Crippen LogP contribution < -0.4 is 10.9 Å². The summed E-state index contributed by atoms with van der Waals surface area (Å²) >= 11 is 1.25. The number of hydrogen-bond donors (Lipinski definition) is 2. The lowest BCUT2D eigenvalue weighted by atomic mass is 10.0. The molecule has 1 unspecified atom stereocenters. The maximum Gasteiger partial charge on any atom is 0.331 e. The first-order valence-electron chi connectivity index (χ1n) is 5.89. The molecule has 0 aliphatic rings. The van der Waals surface area contributed by atoms with E-state index in [1.54, 1.807) is 5.38 Å². The highest BCUT2D eigenvalue weighted by Crippen LogP contribution is 2.08. The Morgan fingerprint density at radius 2 is 2.29 bits per heavy atom. The molecule has 21 heavy (non-hydrogen) atoms. The zero-order valence-corrected chi connectivity index (χ0v) is 12.1.